The molecule has 0 spiro atoms. The van der Waals surface area contributed by atoms with Crippen molar-refractivity contribution < 1.29 is 4.74 Å². The van der Waals surface area contributed by atoms with E-state index in [2.05, 4.69) is 34.5 Å². The van der Waals surface area contributed by atoms with Gasteiger partial charge in [-0.25, -0.2) is 0 Å². The Labute approximate surface area is 109 Å². The Morgan fingerprint density at radius 1 is 1.33 bits per heavy atom. The Kier molecular flexibility index (Phi) is 3.52. The molecule has 0 amide bonds. The van der Waals surface area contributed by atoms with Gasteiger partial charge in [0.25, 0.3) is 0 Å². The van der Waals surface area contributed by atoms with Gasteiger partial charge in [-0.3, -0.25) is 0 Å². The van der Waals surface area contributed by atoms with Gasteiger partial charge in [-0.15, -0.1) is 0 Å². The Balaban J connectivity index is 1.81. The van der Waals surface area contributed by atoms with Gasteiger partial charge in [-0.2, -0.15) is 0 Å². The van der Waals surface area contributed by atoms with E-state index in [1.54, 1.807) is 7.11 Å². The summed E-state index contributed by atoms with van der Waals surface area (Å²) < 4.78 is 5.25. The summed E-state index contributed by atoms with van der Waals surface area (Å²) in [6.07, 6.45) is 2.79. The van der Waals surface area contributed by atoms with Crippen molar-refractivity contribution in [1.29, 1.82) is 0 Å². The van der Waals surface area contributed by atoms with Crippen LogP contribution in [0.4, 0.5) is 5.69 Å². The molecule has 1 atom stereocenters. The van der Waals surface area contributed by atoms with Crippen molar-refractivity contribution in [3.05, 3.63) is 29.8 Å². The van der Waals surface area contributed by atoms with Crippen LogP contribution in [0.1, 0.15) is 18.4 Å². The summed E-state index contributed by atoms with van der Waals surface area (Å²) in [6, 6.07) is 9.39. The van der Waals surface area contributed by atoms with E-state index >= 15 is 0 Å². The molecule has 98 valence electrons. The third kappa shape index (κ3) is 2.52. The lowest BCUT2D eigenvalue weighted by Gasteiger charge is -2.27. The van der Waals surface area contributed by atoms with Crippen LogP contribution >= 0.6 is 0 Å². The molecule has 1 fully saturated rings. The van der Waals surface area contributed by atoms with Gasteiger partial charge < -0.3 is 15.0 Å². The minimum atomic E-state index is 0.647. The van der Waals surface area contributed by atoms with Crippen LogP contribution in [0.2, 0.25) is 0 Å². The van der Waals surface area contributed by atoms with Crippen LogP contribution in [0.3, 0.4) is 0 Å². The maximum atomic E-state index is 5.25. The minimum absolute atomic E-state index is 0.647. The summed E-state index contributed by atoms with van der Waals surface area (Å²) in [4.78, 5) is 2.49. The lowest BCUT2D eigenvalue weighted by Crippen LogP contribution is -2.40. The van der Waals surface area contributed by atoms with Gasteiger partial charge in [0.2, 0.25) is 0 Å². The highest BCUT2D eigenvalue weighted by Crippen LogP contribution is 2.35. The first-order chi connectivity index (χ1) is 8.88. The standard InChI is InChI=1S/C15H22N2O/c1-18-9-8-17-11-14(12-6-7-12)16-10-13-4-2-3-5-15(13)17/h2-5,12,14,16H,6-11H2,1H3. The molecule has 0 radical (unpaired) electrons. The number of anilines is 1. The van der Waals surface area contributed by atoms with Crippen LogP contribution in [0, 0.1) is 5.92 Å². The molecule has 1 aromatic carbocycles. The summed E-state index contributed by atoms with van der Waals surface area (Å²) in [5.74, 6) is 0.893. The fourth-order valence-corrected chi connectivity index (χ4v) is 2.84. The molecular weight excluding hydrogens is 224 g/mol. The van der Waals surface area contributed by atoms with Crippen LogP contribution < -0.4 is 10.2 Å². The second-order valence-electron chi connectivity index (χ2n) is 5.39. The number of benzene rings is 1. The van der Waals surface area contributed by atoms with E-state index < -0.39 is 0 Å². The Bertz CT molecular complexity index is 403. The zero-order chi connectivity index (χ0) is 12.4. The first kappa shape index (κ1) is 12.0. The third-order valence-corrected chi connectivity index (χ3v) is 4.06. The van der Waals surface area contributed by atoms with Crippen LogP contribution in [0.15, 0.2) is 24.3 Å². The number of rotatable bonds is 4. The molecule has 18 heavy (non-hydrogen) atoms. The van der Waals surface area contributed by atoms with Crippen LogP contribution in [-0.4, -0.2) is 32.8 Å². The molecule has 1 aromatic rings. The maximum absolute atomic E-state index is 5.25. The molecule has 1 aliphatic carbocycles. The van der Waals surface area contributed by atoms with Gasteiger partial charge in [0.05, 0.1) is 6.61 Å². The summed E-state index contributed by atoms with van der Waals surface area (Å²) in [7, 11) is 1.78. The van der Waals surface area contributed by atoms with E-state index in [1.165, 1.54) is 24.1 Å². The molecule has 0 saturated heterocycles. The highest BCUT2D eigenvalue weighted by molar-refractivity contribution is 5.54. The summed E-state index contributed by atoms with van der Waals surface area (Å²) in [5, 5.41) is 3.72. The quantitative estimate of drug-likeness (QED) is 0.879. The Morgan fingerprint density at radius 3 is 2.94 bits per heavy atom. The number of hydrogen-bond acceptors (Lipinski definition) is 3. The molecule has 1 N–H and O–H groups in total. The van der Waals surface area contributed by atoms with Crippen LogP contribution in [-0.2, 0) is 11.3 Å². The Hall–Kier alpha value is -1.06. The van der Waals surface area contributed by atoms with Gasteiger partial charge in [0.1, 0.15) is 0 Å². The van der Waals surface area contributed by atoms with E-state index in [0.29, 0.717) is 6.04 Å². The number of fused-ring (bicyclic) bond motifs is 1. The predicted molar refractivity (Wildman–Crippen MR) is 73.9 cm³/mol. The van der Waals surface area contributed by atoms with E-state index in [0.717, 1.165) is 32.2 Å². The predicted octanol–water partition coefficient (Wildman–Crippen LogP) is 2.02. The van der Waals surface area contributed by atoms with Gasteiger partial charge in [-0.1, -0.05) is 18.2 Å². The zero-order valence-electron chi connectivity index (χ0n) is 11.1. The molecule has 3 heteroatoms. The average molecular weight is 246 g/mol. The van der Waals surface area contributed by atoms with E-state index in [9.17, 15) is 0 Å². The topological polar surface area (TPSA) is 24.5 Å². The summed E-state index contributed by atoms with van der Waals surface area (Å²) in [6.45, 7) is 3.90. The van der Waals surface area contributed by atoms with E-state index in [1.807, 2.05) is 0 Å². The smallest absolute Gasteiger partial charge is 0.0637 e. The van der Waals surface area contributed by atoms with Crippen molar-refractivity contribution in [3.8, 4) is 0 Å². The number of nitrogens with one attached hydrogen (secondary N) is 1. The van der Waals surface area contributed by atoms with Gasteiger partial charge in [0, 0.05) is 38.5 Å². The number of nitrogens with zero attached hydrogens (tertiary/aromatic N) is 1. The summed E-state index contributed by atoms with van der Waals surface area (Å²) in [5.41, 5.74) is 2.79. The zero-order valence-corrected chi connectivity index (χ0v) is 11.1. The second kappa shape index (κ2) is 5.29. The highest BCUT2D eigenvalue weighted by atomic mass is 16.5. The monoisotopic (exact) mass is 246 g/mol. The fourth-order valence-electron chi connectivity index (χ4n) is 2.84. The maximum Gasteiger partial charge on any atom is 0.0637 e. The molecule has 0 bridgehead atoms. The molecular formula is C15H22N2O. The third-order valence-electron chi connectivity index (χ3n) is 4.06. The Morgan fingerprint density at radius 2 is 2.17 bits per heavy atom. The number of methoxy groups -OCH3 is 1. The van der Waals surface area contributed by atoms with Crippen molar-refractivity contribution in [3.63, 3.8) is 0 Å². The molecule has 1 unspecified atom stereocenters. The lowest BCUT2D eigenvalue weighted by atomic mass is 10.1. The first-order valence-electron chi connectivity index (χ1n) is 6.93. The number of hydrogen-bond donors (Lipinski definition) is 1. The first-order valence-corrected chi connectivity index (χ1v) is 6.93. The molecule has 2 aliphatic rings. The van der Waals surface area contributed by atoms with Crippen molar-refractivity contribution in [2.24, 2.45) is 5.92 Å². The average Bonchev–Trinajstić information content (AvgIpc) is 3.23. The molecule has 1 saturated carbocycles. The van der Waals surface area contributed by atoms with Crippen LogP contribution in [0.25, 0.3) is 0 Å². The normalized spacial score (nSPS) is 23.6. The van der Waals surface area contributed by atoms with E-state index in [-0.39, 0.29) is 0 Å². The van der Waals surface area contributed by atoms with Crippen molar-refractivity contribution in [1.82, 2.24) is 5.32 Å². The van der Waals surface area contributed by atoms with Crippen molar-refractivity contribution >= 4 is 5.69 Å². The number of para-hydroxylation sites is 1. The van der Waals surface area contributed by atoms with Crippen molar-refractivity contribution in [2.45, 2.75) is 25.4 Å². The van der Waals surface area contributed by atoms with E-state index in [4.69, 9.17) is 4.74 Å². The molecule has 3 rings (SSSR count). The molecule has 1 heterocycles. The minimum Gasteiger partial charge on any atom is -0.383 e. The fraction of sp³-hybridized carbons (Fsp3) is 0.600. The lowest BCUT2D eigenvalue weighted by molar-refractivity contribution is 0.204. The largest absolute Gasteiger partial charge is 0.383 e. The molecule has 0 aromatic heterocycles. The SMILES string of the molecule is COCCN1CC(C2CC2)NCc2ccccc21. The van der Waals surface area contributed by atoms with Crippen molar-refractivity contribution in [2.75, 3.05) is 31.7 Å². The number of ether oxygens (including phenoxy) is 1. The molecule has 1 aliphatic heterocycles. The highest BCUT2D eigenvalue weighted by Gasteiger charge is 2.33. The molecule has 3 nitrogen and oxygen atoms in total. The second-order valence-corrected chi connectivity index (χ2v) is 5.39. The van der Waals surface area contributed by atoms with Crippen LogP contribution in [0.5, 0.6) is 0 Å². The van der Waals surface area contributed by atoms with Gasteiger partial charge in [-0.05, 0) is 30.4 Å². The van der Waals surface area contributed by atoms with Gasteiger partial charge >= 0.3 is 0 Å². The van der Waals surface area contributed by atoms with Gasteiger partial charge in [0.15, 0.2) is 0 Å². The summed E-state index contributed by atoms with van der Waals surface area (Å²) >= 11 is 0.